The van der Waals surface area contributed by atoms with Gasteiger partial charge in [-0.05, 0) is 6.07 Å². The van der Waals surface area contributed by atoms with Crippen molar-refractivity contribution in [3.8, 4) is 0 Å². The van der Waals surface area contributed by atoms with Crippen LogP contribution in [0.15, 0.2) is 23.6 Å². The molecule has 0 aliphatic carbocycles. The third-order valence-electron chi connectivity index (χ3n) is 2.17. The highest BCUT2D eigenvalue weighted by Crippen LogP contribution is 2.11. The van der Waals surface area contributed by atoms with Gasteiger partial charge in [0.2, 0.25) is 10.0 Å². The number of nitrogens with two attached hydrogens (primary N) is 1. The van der Waals surface area contributed by atoms with Gasteiger partial charge in [-0.1, -0.05) is 0 Å². The molecule has 0 aliphatic heterocycles. The van der Waals surface area contributed by atoms with Gasteiger partial charge in [0.1, 0.15) is 18.0 Å². The molecule has 0 saturated carbocycles. The molecule has 8 nitrogen and oxygen atoms in total. The van der Waals surface area contributed by atoms with E-state index in [0.717, 1.165) is 6.26 Å². The Hall–Kier alpha value is -2.00. The largest absolute Gasteiger partial charge is 0.383 e. The predicted molar refractivity (Wildman–Crippen MR) is 67.5 cm³/mol. The fourth-order valence-corrected chi connectivity index (χ4v) is 1.67. The second kappa shape index (κ2) is 4.70. The number of imidazole rings is 1. The van der Waals surface area contributed by atoms with Crippen molar-refractivity contribution in [1.82, 2.24) is 19.7 Å². The van der Waals surface area contributed by atoms with Gasteiger partial charge < -0.3 is 10.7 Å². The molecule has 0 unspecified atom stereocenters. The van der Waals surface area contributed by atoms with Gasteiger partial charge in [-0.3, -0.25) is 4.99 Å². The Morgan fingerprint density at radius 3 is 3.06 bits per heavy atom. The van der Waals surface area contributed by atoms with E-state index in [9.17, 15) is 8.42 Å². The minimum absolute atomic E-state index is 0.112. The van der Waals surface area contributed by atoms with Crippen LogP contribution in [-0.4, -0.2) is 42.1 Å². The first kappa shape index (κ1) is 12.5. The highest BCUT2D eigenvalue weighted by atomic mass is 32.2. The summed E-state index contributed by atoms with van der Waals surface area (Å²) in [5.41, 5.74) is 7.59. The monoisotopic (exact) mass is 268 g/mol. The number of hydrogen-bond donors (Lipinski definition) is 3. The molecule has 0 radical (unpaired) electrons. The second-order valence-electron chi connectivity index (χ2n) is 3.58. The zero-order valence-electron chi connectivity index (χ0n) is 9.58. The van der Waals surface area contributed by atoms with Crippen molar-refractivity contribution in [1.29, 1.82) is 0 Å². The molecule has 0 atom stereocenters. The first-order valence-electron chi connectivity index (χ1n) is 5.00. The SMILES string of the molecule is CS(=O)(=O)NCN=C(N)c1ccnc2[nH]cnc12. The number of amidine groups is 1. The van der Waals surface area contributed by atoms with E-state index < -0.39 is 10.0 Å². The summed E-state index contributed by atoms with van der Waals surface area (Å²) in [6.07, 6.45) is 4.13. The minimum Gasteiger partial charge on any atom is -0.383 e. The van der Waals surface area contributed by atoms with Crippen LogP contribution >= 0.6 is 0 Å². The van der Waals surface area contributed by atoms with Gasteiger partial charge >= 0.3 is 0 Å². The Balaban J connectivity index is 2.25. The third-order valence-corrected chi connectivity index (χ3v) is 2.82. The number of aromatic nitrogens is 3. The highest BCUT2D eigenvalue weighted by Gasteiger charge is 2.07. The molecule has 0 saturated heterocycles. The number of pyridine rings is 1. The van der Waals surface area contributed by atoms with Gasteiger partial charge in [-0.25, -0.2) is 18.4 Å². The number of aromatic amines is 1. The summed E-state index contributed by atoms with van der Waals surface area (Å²) in [6.45, 7) is -0.112. The average Bonchev–Trinajstić information content (AvgIpc) is 2.74. The Kier molecular flexibility index (Phi) is 3.26. The molecule has 9 heteroatoms. The van der Waals surface area contributed by atoms with Crippen molar-refractivity contribution in [2.75, 3.05) is 12.9 Å². The van der Waals surface area contributed by atoms with Gasteiger partial charge in [0.05, 0.1) is 12.6 Å². The van der Waals surface area contributed by atoms with E-state index in [1.54, 1.807) is 12.3 Å². The first-order valence-corrected chi connectivity index (χ1v) is 6.89. The maximum atomic E-state index is 10.9. The van der Waals surface area contributed by atoms with Crippen molar-refractivity contribution in [3.05, 3.63) is 24.2 Å². The van der Waals surface area contributed by atoms with Crippen LogP contribution < -0.4 is 10.5 Å². The van der Waals surface area contributed by atoms with E-state index in [-0.39, 0.29) is 12.5 Å². The number of rotatable bonds is 4. The zero-order chi connectivity index (χ0) is 13.2. The lowest BCUT2D eigenvalue weighted by Crippen LogP contribution is -2.24. The minimum atomic E-state index is -3.28. The summed E-state index contributed by atoms with van der Waals surface area (Å²) in [6, 6.07) is 1.67. The van der Waals surface area contributed by atoms with Crippen LogP contribution in [0.1, 0.15) is 5.56 Å². The topological polar surface area (TPSA) is 126 Å². The van der Waals surface area contributed by atoms with E-state index in [4.69, 9.17) is 5.73 Å². The maximum absolute atomic E-state index is 10.9. The van der Waals surface area contributed by atoms with Crippen molar-refractivity contribution in [2.45, 2.75) is 0 Å². The van der Waals surface area contributed by atoms with Gasteiger partial charge in [0.25, 0.3) is 0 Å². The van der Waals surface area contributed by atoms with E-state index >= 15 is 0 Å². The normalized spacial score (nSPS) is 13.1. The summed E-state index contributed by atoms with van der Waals surface area (Å²) < 4.78 is 24.0. The van der Waals surface area contributed by atoms with Gasteiger partial charge in [-0.2, -0.15) is 4.72 Å². The number of nitrogens with one attached hydrogen (secondary N) is 2. The molecule has 2 aromatic rings. The Morgan fingerprint density at radius 2 is 2.33 bits per heavy atom. The van der Waals surface area contributed by atoms with Crippen LogP contribution in [0, 0.1) is 0 Å². The van der Waals surface area contributed by atoms with Gasteiger partial charge in [-0.15, -0.1) is 0 Å². The van der Waals surface area contributed by atoms with Gasteiger partial charge in [0.15, 0.2) is 5.65 Å². The van der Waals surface area contributed by atoms with Crippen molar-refractivity contribution < 1.29 is 8.42 Å². The summed E-state index contributed by atoms with van der Waals surface area (Å²) in [5, 5.41) is 0. The number of H-pyrrole nitrogens is 1. The predicted octanol–water partition coefficient (Wildman–Crippen LogP) is -0.830. The zero-order valence-corrected chi connectivity index (χ0v) is 10.4. The number of nitrogens with zero attached hydrogens (tertiary/aromatic N) is 3. The third kappa shape index (κ3) is 2.81. The Bertz CT molecular complexity index is 690. The smallest absolute Gasteiger partial charge is 0.210 e. The standard InChI is InChI=1S/C9H12N6O2S/c1-18(16,17)15-5-13-8(10)6-2-3-11-9-7(6)12-4-14-9/h2-4,15H,5H2,1H3,(H2,10,13)(H,11,12,14). The van der Waals surface area contributed by atoms with Gasteiger partial charge in [0, 0.05) is 11.8 Å². The molecule has 2 heterocycles. The first-order chi connectivity index (χ1) is 8.47. The number of sulfonamides is 1. The molecule has 0 fully saturated rings. The molecule has 0 aromatic carbocycles. The fraction of sp³-hybridized carbons (Fsp3) is 0.222. The summed E-state index contributed by atoms with van der Waals surface area (Å²) >= 11 is 0. The van der Waals surface area contributed by atoms with E-state index in [1.807, 2.05) is 0 Å². The van der Waals surface area contributed by atoms with Crippen LogP contribution in [0.2, 0.25) is 0 Å². The quantitative estimate of drug-likeness (QED) is 0.493. The Labute approximate surface area is 103 Å². The van der Waals surface area contributed by atoms with Crippen molar-refractivity contribution in [3.63, 3.8) is 0 Å². The van der Waals surface area contributed by atoms with E-state index in [1.165, 1.54) is 6.33 Å². The number of hydrogen-bond acceptors (Lipinski definition) is 5. The summed E-state index contributed by atoms with van der Waals surface area (Å²) in [4.78, 5) is 14.9. The lowest BCUT2D eigenvalue weighted by molar-refractivity contribution is 0.589. The number of fused-ring (bicyclic) bond motifs is 1. The molecular weight excluding hydrogens is 256 g/mol. The molecule has 0 spiro atoms. The van der Waals surface area contributed by atoms with E-state index in [2.05, 4.69) is 24.7 Å². The summed E-state index contributed by atoms with van der Waals surface area (Å²) in [7, 11) is -3.28. The molecule has 0 aliphatic rings. The maximum Gasteiger partial charge on any atom is 0.210 e. The lowest BCUT2D eigenvalue weighted by Gasteiger charge is -2.02. The van der Waals surface area contributed by atoms with Crippen LogP contribution in [0.3, 0.4) is 0 Å². The highest BCUT2D eigenvalue weighted by molar-refractivity contribution is 7.88. The fourth-order valence-electron chi connectivity index (χ4n) is 1.37. The van der Waals surface area contributed by atoms with Crippen LogP contribution in [0.25, 0.3) is 11.2 Å². The van der Waals surface area contributed by atoms with Crippen molar-refractivity contribution in [2.24, 2.45) is 10.7 Å². The molecule has 0 bridgehead atoms. The van der Waals surface area contributed by atoms with Crippen molar-refractivity contribution >= 4 is 27.0 Å². The average molecular weight is 268 g/mol. The Morgan fingerprint density at radius 1 is 1.56 bits per heavy atom. The summed E-state index contributed by atoms with van der Waals surface area (Å²) in [5.74, 6) is 0.200. The molecule has 4 N–H and O–H groups in total. The number of aliphatic imine (C=N–C) groups is 1. The van der Waals surface area contributed by atoms with Crippen LogP contribution in [0.4, 0.5) is 0 Å². The second-order valence-corrected chi connectivity index (χ2v) is 5.41. The molecule has 2 aromatic heterocycles. The van der Waals surface area contributed by atoms with E-state index in [0.29, 0.717) is 16.7 Å². The molecular formula is C9H12N6O2S. The van der Waals surface area contributed by atoms with Crippen LogP contribution in [-0.2, 0) is 10.0 Å². The molecule has 2 rings (SSSR count). The molecule has 96 valence electrons. The molecule has 18 heavy (non-hydrogen) atoms. The lowest BCUT2D eigenvalue weighted by atomic mass is 10.2. The van der Waals surface area contributed by atoms with Crippen LogP contribution in [0.5, 0.6) is 0 Å². The molecule has 0 amide bonds.